The lowest BCUT2D eigenvalue weighted by molar-refractivity contribution is 0.0562. The van der Waals surface area contributed by atoms with Crippen LogP contribution in [0.2, 0.25) is 0 Å². The van der Waals surface area contributed by atoms with E-state index in [1.54, 1.807) is 0 Å². The number of aromatic nitrogens is 3. The molecule has 152 valence electrons. The van der Waals surface area contributed by atoms with E-state index in [1.807, 2.05) is 35.4 Å². The quantitative estimate of drug-likeness (QED) is 0.734. The smallest absolute Gasteiger partial charge is 0.0590 e. The summed E-state index contributed by atoms with van der Waals surface area (Å²) in [5.74, 6) is 0. The van der Waals surface area contributed by atoms with Gasteiger partial charge in [0.15, 0.2) is 0 Å². The van der Waals surface area contributed by atoms with Crippen LogP contribution in [-0.2, 0) is 19.6 Å². The van der Waals surface area contributed by atoms with Gasteiger partial charge in [-0.15, -0.1) is 6.58 Å². The van der Waals surface area contributed by atoms with Gasteiger partial charge in [0.2, 0.25) is 0 Å². The number of nitrogens with zero attached hydrogens (tertiary/aromatic N) is 4. The molecular formula is C23H35N5. The zero-order valence-corrected chi connectivity index (χ0v) is 18.1. The summed E-state index contributed by atoms with van der Waals surface area (Å²) in [6.07, 6.45) is 9.99. The van der Waals surface area contributed by atoms with Crippen LogP contribution in [0.5, 0.6) is 0 Å². The second kappa shape index (κ2) is 8.18. The van der Waals surface area contributed by atoms with Crippen LogP contribution in [0.1, 0.15) is 57.4 Å². The topological polar surface area (TPSA) is 46.0 Å². The van der Waals surface area contributed by atoms with Gasteiger partial charge in [0.05, 0.1) is 12.7 Å². The van der Waals surface area contributed by atoms with Crippen LogP contribution in [-0.4, -0.2) is 36.8 Å². The molecule has 0 amide bonds. The van der Waals surface area contributed by atoms with Crippen molar-refractivity contribution in [2.45, 2.75) is 84.2 Å². The molecule has 5 nitrogen and oxygen atoms in total. The molecule has 3 rings (SSSR count). The molecule has 28 heavy (non-hydrogen) atoms. The number of piperidine rings is 1. The highest BCUT2D eigenvalue weighted by molar-refractivity contribution is 5.18. The van der Waals surface area contributed by atoms with Crippen molar-refractivity contribution in [1.82, 2.24) is 25.0 Å². The third kappa shape index (κ3) is 5.09. The Bertz CT molecular complexity index is 775. The minimum absolute atomic E-state index is 0.113. The molecule has 1 N–H and O–H groups in total. The van der Waals surface area contributed by atoms with Gasteiger partial charge >= 0.3 is 0 Å². The Kier molecular flexibility index (Phi) is 6.06. The second-order valence-electron chi connectivity index (χ2n) is 9.45. The van der Waals surface area contributed by atoms with Crippen LogP contribution >= 0.6 is 0 Å². The van der Waals surface area contributed by atoms with Crippen molar-refractivity contribution in [2.75, 3.05) is 0 Å². The van der Waals surface area contributed by atoms with Gasteiger partial charge in [0, 0.05) is 53.9 Å². The van der Waals surface area contributed by atoms with Gasteiger partial charge in [-0.25, -0.2) is 0 Å². The van der Waals surface area contributed by atoms with Crippen LogP contribution in [0.3, 0.4) is 0 Å². The molecule has 2 aromatic rings. The molecule has 0 aromatic carbocycles. The van der Waals surface area contributed by atoms with Crippen molar-refractivity contribution in [3.63, 3.8) is 0 Å². The summed E-state index contributed by atoms with van der Waals surface area (Å²) in [6.45, 7) is 17.8. The first-order chi connectivity index (χ1) is 13.2. The fraction of sp³-hybridized carbons (Fsp3) is 0.565. The Balaban J connectivity index is 1.88. The summed E-state index contributed by atoms with van der Waals surface area (Å²) in [5.41, 5.74) is 4.00. The number of hydrogen-bond acceptors (Lipinski definition) is 4. The van der Waals surface area contributed by atoms with Gasteiger partial charge in [-0.1, -0.05) is 12.1 Å². The number of allylic oxidation sites excluding steroid dienone is 1. The monoisotopic (exact) mass is 381 g/mol. The normalized spacial score (nSPS) is 19.1. The molecule has 0 aliphatic carbocycles. The van der Waals surface area contributed by atoms with E-state index in [4.69, 9.17) is 0 Å². The lowest BCUT2D eigenvalue weighted by atomic mass is 9.79. The predicted molar refractivity (Wildman–Crippen MR) is 115 cm³/mol. The minimum Gasteiger partial charge on any atom is -0.307 e. The maximum Gasteiger partial charge on any atom is 0.0590 e. The van der Waals surface area contributed by atoms with Crippen molar-refractivity contribution in [3.05, 3.63) is 60.2 Å². The van der Waals surface area contributed by atoms with E-state index in [0.29, 0.717) is 6.04 Å². The van der Waals surface area contributed by atoms with Gasteiger partial charge in [-0.2, -0.15) is 5.10 Å². The Morgan fingerprint density at radius 2 is 1.93 bits per heavy atom. The van der Waals surface area contributed by atoms with Gasteiger partial charge < -0.3 is 5.32 Å². The first-order valence-electron chi connectivity index (χ1n) is 10.2. The van der Waals surface area contributed by atoms with Gasteiger partial charge in [0.25, 0.3) is 0 Å². The van der Waals surface area contributed by atoms with Crippen molar-refractivity contribution in [1.29, 1.82) is 0 Å². The summed E-state index contributed by atoms with van der Waals surface area (Å²) in [7, 11) is 0. The number of rotatable bonds is 7. The Morgan fingerprint density at radius 3 is 2.54 bits per heavy atom. The molecule has 1 saturated heterocycles. The van der Waals surface area contributed by atoms with E-state index in [9.17, 15) is 0 Å². The van der Waals surface area contributed by atoms with Gasteiger partial charge in [-0.05, 0) is 59.1 Å². The first kappa shape index (κ1) is 20.7. The highest BCUT2D eigenvalue weighted by Crippen LogP contribution is 2.33. The largest absolute Gasteiger partial charge is 0.307 e. The highest BCUT2D eigenvalue weighted by Gasteiger charge is 2.40. The summed E-state index contributed by atoms with van der Waals surface area (Å²) in [5, 5.41) is 8.37. The zero-order chi connectivity index (χ0) is 20.4. The molecule has 1 fully saturated rings. The molecule has 3 heterocycles. The van der Waals surface area contributed by atoms with E-state index in [1.165, 1.54) is 16.8 Å². The van der Waals surface area contributed by atoms with Crippen LogP contribution in [0, 0.1) is 6.92 Å². The average molecular weight is 382 g/mol. The van der Waals surface area contributed by atoms with Gasteiger partial charge in [0.1, 0.15) is 0 Å². The van der Waals surface area contributed by atoms with E-state index >= 15 is 0 Å². The van der Waals surface area contributed by atoms with E-state index in [-0.39, 0.29) is 11.1 Å². The Hall–Kier alpha value is -1.98. The Labute approximate surface area is 169 Å². The zero-order valence-electron chi connectivity index (χ0n) is 18.1. The predicted octanol–water partition coefficient (Wildman–Crippen LogP) is 4.08. The van der Waals surface area contributed by atoms with Crippen LogP contribution in [0.15, 0.2) is 43.4 Å². The minimum atomic E-state index is 0.113. The van der Waals surface area contributed by atoms with E-state index in [2.05, 4.69) is 67.6 Å². The van der Waals surface area contributed by atoms with Crippen LogP contribution in [0.4, 0.5) is 0 Å². The SMILES string of the molecule is C=CCn1ncc(CN(Cc2cccnc2)C2CC(C)(C)NC(C)(C)C2)c1C. The molecular weight excluding hydrogens is 346 g/mol. The van der Waals surface area contributed by atoms with Crippen molar-refractivity contribution < 1.29 is 0 Å². The molecule has 0 bridgehead atoms. The first-order valence-corrected chi connectivity index (χ1v) is 10.2. The molecule has 0 unspecified atom stereocenters. The number of hydrogen-bond donors (Lipinski definition) is 1. The molecule has 1 aliphatic rings. The number of nitrogens with one attached hydrogen (secondary N) is 1. The van der Waals surface area contributed by atoms with Crippen molar-refractivity contribution >= 4 is 0 Å². The van der Waals surface area contributed by atoms with Crippen LogP contribution in [0.25, 0.3) is 0 Å². The van der Waals surface area contributed by atoms with E-state index < -0.39 is 0 Å². The van der Waals surface area contributed by atoms with E-state index in [0.717, 1.165) is 32.5 Å². The Morgan fingerprint density at radius 1 is 1.21 bits per heavy atom. The maximum atomic E-state index is 4.56. The summed E-state index contributed by atoms with van der Waals surface area (Å²) < 4.78 is 2.03. The van der Waals surface area contributed by atoms with Crippen molar-refractivity contribution in [2.24, 2.45) is 0 Å². The lowest BCUT2D eigenvalue weighted by Crippen LogP contribution is -2.62. The molecule has 2 aromatic heterocycles. The molecule has 0 saturated carbocycles. The fourth-order valence-corrected chi connectivity index (χ4v) is 4.73. The lowest BCUT2D eigenvalue weighted by Gasteiger charge is -2.49. The maximum absolute atomic E-state index is 4.56. The van der Waals surface area contributed by atoms with Crippen molar-refractivity contribution in [3.8, 4) is 0 Å². The molecule has 5 heteroatoms. The molecule has 0 spiro atoms. The second-order valence-corrected chi connectivity index (χ2v) is 9.45. The molecule has 0 radical (unpaired) electrons. The van der Waals surface area contributed by atoms with Gasteiger partial charge in [-0.3, -0.25) is 14.6 Å². The molecule has 1 aliphatic heterocycles. The molecule has 0 atom stereocenters. The highest BCUT2D eigenvalue weighted by atomic mass is 15.3. The summed E-state index contributed by atoms with van der Waals surface area (Å²) in [4.78, 5) is 6.94. The summed E-state index contributed by atoms with van der Waals surface area (Å²) >= 11 is 0. The third-order valence-corrected chi connectivity index (χ3v) is 5.67. The summed E-state index contributed by atoms with van der Waals surface area (Å²) in [6, 6.07) is 4.69. The standard InChI is InChI=1S/C23H35N5/c1-7-11-28-18(2)20(15-25-28)17-27(16-19-9-8-10-24-14-19)21-12-22(3,4)26-23(5,6)13-21/h7-10,14-15,21,26H,1,11-13,16-17H2,2-6H3. The third-order valence-electron chi connectivity index (χ3n) is 5.67. The fourth-order valence-electron chi connectivity index (χ4n) is 4.73. The average Bonchev–Trinajstić information content (AvgIpc) is 2.93. The number of pyridine rings is 1. The van der Waals surface area contributed by atoms with Crippen LogP contribution < -0.4 is 5.32 Å².